The fourth-order valence-corrected chi connectivity index (χ4v) is 2.50. The molecule has 0 bridgehead atoms. The maximum Gasteiger partial charge on any atom is 0.155 e. The predicted molar refractivity (Wildman–Crippen MR) is 64.0 cm³/mol. The second-order valence-corrected chi connectivity index (χ2v) is 4.71. The monoisotopic (exact) mass is 212 g/mol. The molecule has 0 radical (unpaired) electrons. The number of hydrogen-bond donors (Lipinski definition) is 0. The second-order valence-electron chi connectivity index (χ2n) is 4.71. The van der Waals surface area contributed by atoms with Gasteiger partial charge in [0.15, 0.2) is 5.60 Å². The van der Waals surface area contributed by atoms with Gasteiger partial charge in [-0.15, -0.1) is 0 Å². The van der Waals surface area contributed by atoms with Gasteiger partial charge in [-0.05, 0) is 31.4 Å². The van der Waals surface area contributed by atoms with E-state index in [1.54, 1.807) is 0 Å². The summed E-state index contributed by atoms with van der Waals surface area (Å²) in [5, 5.41) is 0. The average molecular weight is 212 g/mol. The standard InChI is InChI=1S/C15H16O/c1-3-7-13(8-4-1)10-12-15-11-6-2-5-9-14(15)16-15/h1,3-4,7-8,14H,2,5-6,9,11H2/t14-,15-/m0/s1. The fraction of sp³-hybridized carbons (Fsp3) is 0.467. The molecule has 0 unspecified atom stereocenters. The van der Waals surface area contributed by atoms with Crippen LogP contribution < -0.4 is 0 Å². The van der Waals surface area contributed by atoms with Crippen LogP contribution in [0, 0.1) is 11.8 Å². The van der Waals surface area contributed by atoms with Gasteiger partial charge in [-0.2, -0.15) is 0 Å². The van der Waals surface area contributed by atoms with Crippen LogP contribution in [0.25, 0.3) is 0 Å². The first-order valence-corrected chi connectivity index (χ1v) is 6.15. The molecular weight excluding hydrogens is 196 g/mol. The highest BCUT2D eigenvalue weighted by Gasteiger charge is 2.55. The second kappa shape index (κ2) is 3.96. The van der Waals surface area contributed by atoms with E-state index < -0.39 is 0 Å². The zero-order valence-corrected chi connectivity index (χ0v) is 9.41. The van der Waals surface area contributed by atoms with Crippen LogP contribution in [-0.4, -0.2) is 11.7 Å². The van der Waals surface area contributed by atoms with Crippen molar-refractivity contribution in [2.45, 2.75) is 43.8 Å². The molecule has 16 heavy (non-hydrogen) atoms. The van der Waals surface area contributed by atoms with Crippen molar-refractivity contribution in [3.63, 3.8) is 0 Å². The van der Waals surface area contributed by atoms with Crippen LogP contribution in [-0.2, 0) is 4.74 Å². The van der Waals surface area contributed by atoms with Crippen molar-refractivity contribution in [1.29, 1.82) is 0 Å². The van der Waals surface area contributed by atoms with Crippen LogP contribution >= 0.6 is 0 Å². The molecule has 2 aliphatic rings. The van der Waals surface area contributed by atoms with E-state index in [9.17, 15) is 0 Å². The number of hydrogen-bond acceptors (Lipinski definition) is 1. The first kappa shape index (κ1) is 9.93. The normalized spacial score (nSPS) is 31.9. The molecule has 1 nitrogen and oxygen atoms in total. The Morgan fingerprint density at radius 2 is 2.00 bits per heavy atom. The quantitative estimate of drug-likeness (QED) is 0.475. The van der Waals surface area contributed by atoms with Gasteiger partial charge < -0.3 is 4.74 Å². The molecule has 1 heterocycles. The van der Waals surface area contributed by atoms with Crippen molar-refractivity contribution in [3.05, 3.63) is 35.9 Å². The van der Waals surface area contributed by atoms with Crippen LogP contribution in [0.15, 0.2) is 30.3 Å². The maximum atomic E-state index is 5.79. The average Bonchev–Trinajstić information content (AvgIpc) is 3.02. The molecule has 2 fully saturated rings. The molecule has 1 saturated heterocycles. The third-order valence-electron chi connectivity index (χ3n) is 3.52. The summed E-state index contributed by atoms with van der Waals surface area (Å²) < 4.78 is 5.79. The van der Waals surface area contributed by atoms with Crippen LogP contribution in [0.3, 0.4) is 0 Å². The molecule has 3 rings (SSSR count). The summed E-state index contributed by atoms with van der Waals surface area (Å²) >= 11 is 0. The highest BCUT2D eigenvalue weighted by atomic mass is 16.6. The van der Waals surface area contributed by atoms with Crippen molar-refractivity contribution >= 4 is 0 Å². The van der Waals surface area contributed by atoms with Gasteiger partial charge in [0.25, 0.3) is 0 Å². The summed E-state index contributed by atoms with van der Waals surface area (Å²) in [6.45, 7) is 0. The Bertz CT molecular complexity index is 426. The first-order chi connectivity index (χ1) is 7.89. The lowest BCUT2D eigenvalue weighted by atomic mass is 10.0. The largest absolute Gasteiger partial charge is 0.352 e. The van der Waals surface area contributed by atoms with Crippen molar-refractivity contribution < 1.29 is 4.74 Å². The van der Waals surface area contributed by atoms with E-state index in [4.69, 9.17) is 4.74 Å². The first-order valence-electron chi connectivity index (χ1n) is 6.15. The Morgan fingerprint density at radius 3 is 2.88 bits per heavy atom. The highest BCUT2D eigenvalue weighted by Crippen LogP contribution is 2.45. The molecule has 1 heteroatoms. The Kier molecular flexibility index (Phi) is 2.46. The Morgan fingerprint density at radius 1 is 1.12 bits per heavy atom. The number of benzene rings is 1. The topological polar surface area (TPSA) is 12.5 Å². The Hall–Kier alpha value is -1.26. The Labute approximate surface area is 96.8 Å². The zero-order chi connectivity index (χ0) is 10.8. The molecule has 1 saturated carbocycles. The van der Waals surface area contributed by atoms with Crippen LogP contribution in [0.4, 0.5) is 0 Å². The molecule has 2 atom stereocenters. The summed E-state index contributed by atoms with van der Waals surface area (Å²) in [6.07, 6.45) is 6.65. The van der Waals surface area contributed by atoms with Crippen LogP contribution in [0.5, 0.6) is 0 Å². The lowest BCUT2D eigenvalue weighted by Crippen LogP contribution is -2.10. The minimum atomic E-state index is -0.0770. The zero-order valence-electron chi connectivity index (χ0n) is 9.41. The summed E-state index contributed by atoms with van der Waals surface area (Å²) in [5.41, 5.74) is 1.02. The third-order valence-corrected chi connectivity index (χ3v) is 3.52. The molecule has 1 aliphatic heterocycles. The number of epoxide rings is 1. The summed E-state index contributed by atoms with van der Waals surface area (Å²) in [7, 11) is 0. The van der Waals surface area contributed by atoms with E-state index in [1.807, 2.05) is 18.2 Å². The molecule has 1 aromatic carbocycles. The van der Waals surface area contributed by atoms with Gasteiger partial charge in [-0.1, -0.05) is 42.9 Å². The maximum absolute atomic E-state index is 5.79. The summed E-state index contributed by atoms with van der Waals surface area (Å²) in [4.78, 5) is 0. The van der Waals surface area contributed by atoms with E-state index in [0.29, 0.717) is 6.10 Å². The number of fused-ring (bicyclic) bond motifs is 1. The van der Waals surface area contributed by atoms with Gasteiger partial charge in [-0.25, -0.2) is 0 Å². The number of rotatable bonds is 0. The van der Waals surface area contributed by atoms with Gasteiger partial charge in [0.2, 0.25) is 0 Å². The molecule has 0 spiro atoms. The molecule has 82 valence electrons. The molecule has 0 N–H and O–H groups in total. The molecule has 0 aromatic heterocycles. The van der Waals surface area contributed by atoms with Gasteiger partial charge in [0, 0.05) is 5.56 Å². The lowest BCUT2D eigenvalue weighted by molar-refractivity contribution is 0.303. The van der Waals surface area contributed by atoms with E-state index in [0.717, 1.165) is 12.0 Å². The van der Waals surface area contributed by atoms with Gasteiger partial charge >= 0.3 is 0 Å². The molecule has 1 aromatic rings. The SMILES string of the molecule is C(#C[C@@]12CCCCC[C@@H]1O2)c1ccccc1. The van der Waals surface area contributed by atoms with Crippen molar-refractivity contribution in [3.8, 4) is 11.8 Å². The van der Waals surface area contributed by atoms with Gasteiger partial charge in [0.1, 0.15) is 0 Å². The molecule has 0 amide bonds. The third kappa shape index (κ3) is 1.86. The highest BCUT2D eigenvalue weighted by molar-refractivity contribution is 5.38. The number of ether oxygens (including phenoxy) is 1. The smallest absolute Gasteiger partial charge is 0.155 e. The summed E-state index contributed by atoms with van der Waals surface area (Å²) in [6, 6.07) is 10.2. The minimum Gasteiger partial charge on any atom is -0.352 e. The van der Waals surface area contributed by atoms with E-state index in [-0.39, 0.29) is 5.60 Å². The van der Waals surface area contributed by atoms with Crippen molar-refractivity contribution in [2.75, 3.05) is 0 Å². The fourth-order valence-electron chi connectivity index (χ4n) is 2.50. The predicted octanol–water partition coefficient (Wildman–Crippen LogP) is 3.14. The van der Waals surface area contributed by atoms with Gasteiger partial charge in [0.05, 0.1) is 6.10 Å². The lowest BCUT2D eigenvalue weighted by Gasteiger charge is -2.00. The van der Waals surface area contributed by atoms with Crippen LogP contribution in [0.1, 0.15) is 37.7 Å². The van der Waals surface area contributed by atoms with Crippen LogP contribution in [0.2, 0.25) is 0 Å². The van der Waals surface area contributed by atoms with Gasteiger partial charge in [-0.3, -0.25) is 0 Å². The molecular formula is C15H16O. The van der Waals surface area contributed by atoms with E-state index in [2.05, 4.69) is 24.0 Å². The Balaban J connectivity index is 1.78. The van der Waals surface area contributed by atoms with E-state index >= 15 is 0 Å². The summed E-state index contributed by atoms with van der Waals surface area (Å²) in [5.74, 6) is 6.61. The minimum absolute atomic E-state index is 0.0770. The van der Waals surface area contributed by atoms with E-state index in [1.165, 1.54) is 25.7 Å². The van der Waals surface area contributed by atoms with Crippen molar-refractivity contribution in [2.24, 2.45) is 0 Å². The van der Waals surface area contributed by atoms with Crippen molar-refractivity contribution in [1.82, 2.24) is 0 Å². The molecule has 1 aliphatic carbocycles.